The van der Waals surface area contributed by atoms with Crippen LogP contribution in [0.25, 0.3) is 4.76 Å². The first-order valence-electron chi connectivity index (χ1n) is 2.25. The first kappa shape index (κ1) is 7.27. The van der Waals surface area contributed by atoms with E-state index in [1.165, 1.54) is 0 Å². The monoisotopic (exact) mass is 116 g/mol. The number of hydrogen-bond donors (Lipinski definition) is 0. The van der Waals surface area contributed by atoms with Crippen LogP contribution in [0.4, 0.5) is 0 Å². The van der Waals surface area contributed by atoms with Crippen molar-refractivity contribution >= 4 is 6.28 Å². The maximum atomic E-state index is 8.25. The average molecular weight is 116 g/mol. The van der Waals surface area contributed by atoms with Crippen molar-refractivity contribution < 1.29 is 0 Å². The highest BCUT2D eigenvalue weighted by molar-refractivity contribution is 6.99. The second-order valence-corrected chi connectivity index (χ2v) is 1.51. The third kappa shape index (κ3) is 1.09. The second kappa shape index (κ2) is 2.55. The molecule has 42 valence electrons. The van der Waals surface area contributed by atoms with E-state index >= 15 is 0 Å². The predicted octanol–water partition coefficient (Wildman–Crippen LogP) is 0.702. The van der Waals surface area contributed by atoms with Crippen LogP contribution >= 0.6 is 0 Å². The maximum Gasteiger partial charge on any atom is 0.552 e. The zero-order valence-electron chi connectivity index (χ0n) is 4.70. The summed E-state index contributed by atoms with van der Waals surface area (Å²) in [4.78, 5) is 0. The molecule has 0 atom stereocenters. The highest BCUT2D eigenvalue weighted by Crippen LogP contribution is 2.00. The van der Waals surface area contributed by atoms with Gasteiger partial charge in [-0.1, -0.05) is 0 Å². The Hall–Kier alpha value is -1.73. The molecule has 3 nitrogen and oxygen atoms in total. The molecule has 9 heavy (non-hydrogen) atoms. The van der Waals surface area contributed by atoms with E-state index in [2.05, 4.69) is 11.3 Å². The van der Waals surface area contributed by atoms with Gasteiger partial charge in [0.25, 0.3) is 0 Å². The van der Waals surface area contributed by atoms with Crippen molar-refractivity contribution in [3.05, 3.63) is 23.9 Å². The molecular weight excluding hydrogens is 113 g/mol. The molecular formula is C5H3BN3-. The fourth-order valence-electron chi connectivity index (χ4n) is 0.245. The van der Waals surface area contributed by atoms with E-state index in [0.717, 1.165) is 5.98 Å². The molecule has 0 spiro atoms. The van der Waals surface area contributed by atoms with Crippen molar-refractivity contribution in [3.8, 4) is 11.9 Å². The summed E-state index contributed by atoms with van der Waals surface area (Å²) < 4.78 is 2.85. The number of nitrogens with zero attached hydrogens (tertiary/aromatic N) is 3. The summed E-state index contributed by atoms with van der Waals surface area (Å²) >= 11 is 0. The Morgan fingerprint density at radius 2 is 2.00 bits per heavy atom. The van der Waals surface area contributed by atoms with Gasteiger partial charge in [-0.25, -0.2) is 10.5 Å². The zero-order valence-corrected chi connectivity index (χ0v) is 4.70. The minimum atomic E-state index is -2.28. The average Bonchev–Trinajstić information content (AvgIpc) is 1.95. The van der Waals surface area contributed by atoms with Gasteiger partial charge < -0.3 is 11.3 Å². The number of hydrogen-bond acceptors (Lipinski definition) is 2. The topological polar surface area (TPSA) is 51.9 Å². The number of nitriles is 2. The summed E-state index contributed by atoms with van der Waals surface area (Å²) in [5.74, 6) is 4.28. The Labute approximate surface area is 53.6 Å². The lowest BCUT2D eigenvalue weighted by Gasteiger charge is -2.00. The van der Waals surface area contributed by atoms with Crippen molar-refractivity contribution in [1.29, 1.82) is 10.5 Å². The summed E-state index contributed by atoms with van der Waals surface area (Å²) in [5.41, 5.74) is 0. The normalized spacial score (nSPS) is 8.11. The van der Waals surface area contributed by atoms with Gasteiger partial charge in [0.1, 0.15) is 0 Å². The molecule has 4 heteroatoms. The van der Waals surface area contributed by atoms with Gasteiger partial charge in [0.15, 0.2) is 0 Å². The minimum absolute atomic E-state index is 1.09. The largest absolute Gasteiger partial charge is 0.552 e. The fourth-order valence-corrected chi connectivity index (χ4v) is 0.245. The Morgan fingerprint density at radius 1 is 1.56 bits per heavy atom. The van der Waals surface area contributed by atoms with E-state index in [1.54, 1.807) is 11.9 Å². The molecule has 0 aromatic carbocycles. The maximum absolute atomic E-state index is 8.25. The Bertz CT molecular complexity index is 200. The van der Waals surface area contributed by atoms with Gasteiger partial charge in [-0.2, -0.15) is 0 Å². The van der Waals surface area contributed by atoms with E-state index in [9.17, 15) is 0 Å². The predicted molar refractivity (Wildman–Crippen MR) is 33.8 cm³/mol. The Morgan fingerprint density at radius 3 is 2.00 bits per heavy atom. The first-order chi connectivity index (χ1) is 4.24. The molecule has 0 N–H and O–H groups in total. The Balaban J connectivity index is 4.76. The standard InChI is InChI=1S/C5H3BN3/c1-3-6(4-7,5-8)9-2/h3H,1H2/q-1. The van der Waals surface area contributed by atoms with E-state index in [1.807, 2.05) is 0 Å². The molecule has 0 fully saturated rings. The molecule has 0 aromatic rings. The molecule has 0 aliphatic carbocycles. The molecule has 0 saturated heterocycles. The van der Waals surface area contributed by atoms with Crippen molar-refractivity contribution in [2.24, 2.45) is 0 Å². The summed E-state index contributed by atoms with van der Waals surface area (Å²) in [7, 11) is 0. The van der Waals surface area contributed by atoms with Crippen molar-refractivity contribution in [2.75, 3.05) is 0 Å². The van der Waals surface area contributed by atoms with Crippen molar-refractivity contribution in [2.45, 2.75) is 0 Å². The zero-order chi connectivity index (χ0) is 7.33. The van der Waals surface area contributed by atoms with Crippen LogP contribution in [0, 0.1) is 29.0 Å². The van der Waals surface area contributed by atoms with Gasteiger partial charge in [-0.3, -0.25) is 0 Å². The lowest BCUT2D eigenvalue weighted by atomic mass is 9.39. The fraction of sp³-hybridized carbons (Fsp3) is 0. The van der Waals surface area contributed by atoms with Gasteiger partial charge in [0.2, 0.25) is 0 Å². The molecule has 0 radical (unpaired) electrons. The first-order valence-corrected chi connectivity index (χ1v) is 2.25. The van der Waals surface area contributed by atoms with Crippen LogP contribution < -0.4 is 0 Å². The highest BCUT2D eigenvalue weighted by atomic mass is 14.6. The third-order valence-corrected chi connectivity index (χ3v) is 0.938. The lowest BCUT2D eigenvalue weighted by Crippen LogP contribution is -2.22. The summed E-state index contributed by atoms with van der Waals surface area (Å²) in [6.07, 6.45) is -2.28. The molecule has 0 rings (SSSR count). The molecule has 0 aromatic heterocycles. The van der Waals surface area contributed by atoms with Crippen LogP contribution in [0.5, 0.6) is 0 Å². The van der Waals surface area contributed by atoms with Crippen LogP contribution in [0.15, 0.2) is 12.6 Å². The van der Waals surface area contributed by atoms with Gasteiger partial charge >= 0.3 is 6.28 Å². The van der Waals surface area contributed by atoms with Gasteiger partial charge in [-0.15, -0.1) is 12.6 Å². The minimum Gasteiger partial charge on any atom is -0.543 e. The van der Waals surface area contributed by atoms with Crippen molar-refractivity contribution in [1.82, 2.24) is 0 Å². The van der Waals surface area contributed by atoms with Crippen LogP contribution in [-0.4, -0.2) is 6.28 Å². The second-order valence-electron chi connectivity index (χ2n) is 1.51. The molecule has 0 aliphatic heterocycles. The van der Waals surface area contributed by atoms with E-state index < -0.39 is 6.28 Å². The summed E-state index contributed by atoms with van der Waals surface area (Å²) in [6, 6.07) is 0. The summed E-state index contributed by atoms with van der Waals surface area (Å²) in [6.45, 7) is 9.66. The summed E-state index contributed by atoms with van der Waals surface area (Å²) in [5, 5.41) is 16.5. The molecule has 0 unspecified atom stereocenters. The lowest BCUT2D eigenvalue weighted by molar-refractivity contribution is 1.53. The molecule has 0 bridgehead atoms. The van der Waals surface area contributed by atoms with Gasteiger partial charge in [0, 0.05) is 0 Å². The highest BCUT2D eigenvalue weighted by Gasteiger charge is 2.29. The van der Waals surface area contributed by atoms with Crippen LogP contribution in [0.3, 0.4) is 0 Å². The molecule has 0 aliphatic rings. The van der Waals surface area contributed by atoms with Gasteiger partial charge in [-0.05, 0) is 11.9 Å². The third-order valence-electron chi connectivity index (χ3n) is 0.938. The van der Waals surface area contributed by atoms with Gasteiger partial charge in [0.05, 0.1) is 0 Å². The molecule has 0 heterocycles. The molecule has 0 amide bonds. The van der Waals surface area contributed by atoms with E-state index in [4.69, 9.17) is 17.1 Å². The van der Waals surface area contributed by atoms with Crippen LogP contribution in [0.2, 0.25) is 0 Å². The van der Waals surface area contributed by atoms with Crippen molar-refractivity contribution in [3.63, 3.8) is 0 Å². The molecule has 0 saturated carbocycles. The quantitative estimate of drug-likeness (QED) is 0.374. The smallest absolute Gasteiger partial charge is 0.543 e. The van der Waals surface area contributed by atoms with Crippen LogP contribution in [0.1, 0.15) is 0 Å². The SMILES string of the molecule is [C-]#[N+][B-](C#N)(C#N)C=C. The number of rotatable bonds is 1. The van der Waals surface area contributed by atoms with Crippen LogP contribution in [-0.2, 0) is 0 Å². The van der Waals surface area contributed by atoms with E-state index in [-0.39, 0.29) is 0 Å². The Kier molecular flexibility index (Phi) is 2.06. The van der Waals surface area contributed by atoms with E-state index in [0.29, 0.717) is 0 Å².